The van der Waals surface area contributed by atoms with Crippen LogP contribution in [-0.4, -0.2) is 37.0 Å². The minimum atomic E-state index is -1.29. The molecule has 0 saturated heterocycles. The molecule has 1 heterocycles. The lowest BCUT2D eigenvalue weighted by Gasteiger charge is -2.21. The van der Waals surface area contributed by atoms with Crippen LogP contribution in [0, 0.1) is 6.92 Å². The summed E-state index contributed by atoms with van der Waals surface area (Å²) >= 11 is 1.51. The van der Waals surface area contributed by atoms with E-state index < -0.39 is 17.9 Å². The van der Waals surface area contributed by atoms with Crippen LogP contribution in [0.1, 0.15) is 33.7 Å². The quantitative estimate of drug-likeness (QED) is 0.239. The Morgan fingerprint density at radius 3 is 2.45 bits per heavy atom. The van der Waals surface area contributed by atoms with E-state index in [1.54, 1.807) is 13.2 Å². The van der Waals surface area contributed by atoms with Gasteiger partial charge in [0.25, 0.3) is 5.91 Å². The van der Waals surface area contributed by atoms with Crippen LogP contribution in [0.4, 0.5) is 0 Å². The number of carboxylic acids is 1. The highest BCUT2D eigenvalue weighted by molar-refractivity contribution is 7.98. The van der Waals surface area contributed by atoms with Crippen molar-refractivity contribution in [1.29, 1.82) is 0 Å². The van der Waals surface area contributed by atoms with Crippen LogP contribution >= 0.6 is 11.8 Å². The second kappa shape index (κ2) is 13.9. The van der Waals surface area contributed by atoms with Crippen molar-refractivity contribution in [1.82, 2.24) is 5.32 Å². The van der Waals surface area contributed by atoms with Crippen molar-refractivity contribution >= 4 is 23.6 Å². The van der Waals surface area contributed by atoms with E-state index in [-0.39, 0.29) is 13.0 Å². The van der Waals surface area contributed by atoms with Gasteiger partial charge >= 0.3 is 0 Å². The van der Waals surface area contributed by atoms with Crippen molar-refractivity contribution in [3.05, 3.63) is 101 Å². The van der Waals surface area contributed by atoms with Gasteiger partial charge in [-0.3, -0.25) is 4.79 Å². The van der Waals surface area contributed by atoms with E-state index in [2.05, 4.69) is 5.32 Å². The van der Waals surface area contributed by atoms with Gasteiger partial charge in [0.15, 0.2) is 0 Å². The van der Waals surface area contributed by atoms with Gasteiger partial charge in [-0.05, 0) is 96.1 Å². The number of carboxylic acid groups (broad SMARTS) is 1. The lowest BCUT2D eigenvalue weighted by molar-refractivity contribution is -0.308. The molecule has 1 amide bonds. The number of methoxy groups -OCH3 is 1. The second-order valence-corrected chi connectivity index (χ2v) is 10.3. The van der Waals surface area contributed by atoms with Gasteiger partial charge < -0.3 is 29.1 Å². The SMILES string of the molecule is COc1ccc(-c2ccc(COCc3ccc(C(=O)N[C@@H](CCSC)C(=O)[O-])c(-c4ccccc4C)c3)o2)cc1. The summed E-state index contributed by atoms with van der Waals surface area (Å²) < 4.78 is 17.1. The summed E-state index contributed by atoms with van der Waals surface area (Å²) in [5, 5.41) is 14.3. The normalized spacial score (nSPS) is 11.7. The Morgan fingerprint density at radius 1 is 0.975 bits per heavy atom. The fourth-order valence-corrected chi connectivity index (χ4v) is 4.80. The maximum absolute atomic E-state index is 13.2. The van der Waals surface area contributed by atoms with Gasteiger partial charge in [-0.1, -0.05) is 30.3 Å². The van der Waals surface area contributed by atoms with Gasteiger partial charge in [-0.2, -0.15) is 11.8 Å². The van der Waals surface area contributed by atoms with E-state index in [4.69, 9.17) is 13.9 Å². The summed E-state index contributed by atoms with van der Waals surface area (Å²) in [7, 11) is 1.63. The van der Waals surface area contributed by atoms with Crippen LogP contribution < -0.4 is 15.2 Å². The summed E-state index contributed by atoms with van der Waals surface area (Å²) in [6.07, 6.45) is 2.17. The Kier molecular flexibility index (Phi) is 10.0. The molecule has 0 aliphatic rings. The molecule has 0 spiro atoms. The smallest absolute Gasteiger partial charge is 0.252 e. The molecular weight excluding hydrogens is 526 g/mol. The molecule has 7 nitrogen and oxygen atoms in total. The minimum absolute atomic E-state index is 0.279. The van der Waals surface area contributed by atoms with Crippen molar-refractivity contribution in [2.45, 2.75) is 32.6 Å². The molecule has 3 aromatic carbocycles. The highest BCUT2D eigenvalue weighted by Crippen LogP contribution is 2.29. The first-order chi connectivity index (χ1) is 19.4. The first kappa shape index (κ1) is 29.0. The predicted octanol–water partition coefficient (Wildman–Crippen LogP) is 5.25. The Morgan fingerprint density at radius 2 is 1.75 bits per heavy atom. The van der Waals surface area contributed by atoms with E-state index in [0.29, 0.717) is 29.2 Å². The molecule has 1 aromatic heterocycles. The molecule has 1 N–H and O–H groups in total. The van der Waals surface area contributed by atoms with Crippen LogP contribution in [0.2, 0.25) is 0 Å². The van der Waals surface area contributed by atoms with Gasteiger partial charge in [-0.15, -0.1) is 0 Å². The lowest BCUT2D eigenvalue weighted by Crippen LogP contribution is -2.48. The Hall–Kier alpha value is -4.01. The molecule has 0 unspecified atom stereocenters. The fraction of sp³-hybridized carbons (Fsp3) is 0.250. The fourth-order valence-electron chi connectivity index (χ4n) is 4.33. The van der Waals surface area contributed by atoms with Crippen molar-refractivity contribution in [3.8, 4) is 28.2 Å². The number of benzene rings is 3. The molecule has 40 heavy (non-hydrogen) atoms. The van der Waals surface area contributed by atoms with E-state index in [0.717, 1.165) is 33.8 Å². The Bertz CT molecular complexity index is 1450. The molecule has 8 heteroatoms. The third kappa shape index (κ3) is 7.34. The number of carbonyl (C=O) groups is 2. The topological polar surface area (TPSA) is 101 Å². The van der Waals surface area contributed by atoms with E-state index in [1.165, 1.54) is 11.8 Å². The molecule has 4 rings (SSSR count). The van der Waals surface area contributed by atoms with Crippen molar-refractivity contribution in [2.24, 2.45) is 0 Å². The first-order valence-electron chi connectivity index (χ1n) is 12.9. The van der Waals surface area contributed by atoms with Crippen LogP contribution in [0.25, 0.3) is 22.5 Å². The number of amides is 1. The number of aryl methyl sites for hydroxylation is 1. The lowest BCUT2D eigenvalue weighted by atomic mass is 9.93. The predicted molar refractivity (Wildman–Crippen MR) is 155 cm³/mol. The third-order valence-electron chi connectivity index (χ3n) is 6.51. The number of ether oxygens (including phenoxy) is 2. The van der Waals surface area contributed by atoms with Crippen LogP contribution in [0.15, 0.2) is 83.3 Å². The standard InChI is InChI=1S/C32H33NO6S/c1-21-6-4-5-7-26(21)28-18-22(8-14-27(28)31(34)33-29(32(35)36)16-17-40-3)19-38-20-25-13-15-30(39-25)23-9-11-24(37-2)12-10-23/h4-15,18,29H,16-17,19-20H2,1-3H3,(H,33,34)(H,35,36)/p-1/t29-/m0/s1. The summed E-state index contributed by atoms with van der Waals surface area (Å²) in [4.78, 5) is 24.8. The average molecular weight is 559 g/mol. The van der Waals surface area contributed by atoms with Crippen LogP contribution in [0.5, 0.6) is 5.75 Å². The Balaban J connectivity index is 1.49. The Labute approximate surface area is 238 Å². The average Bonchev–Trinajstić information content (AvgIpc) is 3.44. The molecule has 208 valence electrons. The number of hydrogen-bond donors (Lipinski definition) is 1. The van der Waals surface area contributed by atoms with E-state index >= 15 is 0 Å². The molecule has 1 atom stereocenters. The molecule has 0 saturated carbocycles. The number of rotatable bonds is 13. The summed E-state index contributed by atoms with van der Waals surface area (Å²) in [6.45, 7) is 2.55. The van der Waals surface area contributed by atoms with E-state index in [9.17, 15) is 14.7 Å². The highest BCUT2D eigenvalue weighted by atomic mass is 32.2. The first-order valence-corrected chi connectivity index (χ1v) is 14.3. The number of nitrogens with one attached hydrogen (secondary N) is 1. The van der Waals surface area contributed by atoms with E-state index in [1.807, 2.05) is 86.0 Å². The summed E-state index contributed by atoms with van der Waals surface area (Å²) in [5.74, 6) is 1.06. The van der Waals surface area contributed by atoms with Gasteiger partial charge in [-0.25, -0.2) is 0 Å². The highest BCUT2D eigenvalue weighted by Gasteiger charge is 2.19. The molecule has 0 fully saturated rings. The summed E-state index contributed by atoms with van der Waals surface area (Å²) in [6, 6.07) is 23.6. The molecule has 0 radical (unpaired) electrons. The van der Waals surface area contributed by atoms with Gasteiger partial charge in [0, 0.05) is 11.1 Å². The van der Waals surface area contributed by atoms with Crippen LogP contribution in [-0.2, 0) is 22.7 Å². The molecule has 4 aromatic rings. The summed E-state index contributed by atoms with van der Waals surface area (Å²) in [5.41, 5.74) is 4.80. The monoisotopic (exact) mass is 558 g/mol. The van der Waals surface area contributed by atoms with Crippen molar-refractivity contribution in [3.63, 3.8) is 0 Å². The largest absolute Gasteiger partial charge is 0.548 e. The van der Waals surface area contributed by atoms with Crippen LogP contribution in [0.3, 0.4) is 0 Å². The number of carbonyl (C=O) groups excluding carboxylic acids is 2. The molecular formula is C32H32NO6S-. The number of hydrogen-bond acceptors (Lipinski definition) is 7. The number of aliphatic carboxylic acids is 1. The molecule has 0 aliphatic carbocycles. The maximum atomic E-state index is 13.2. The zero-order valence-corrected chi connectivity index (χ0v) is 23.6. The zero-order chi connectivity index (χ0) is 28.5. The van der Waals surface area contributed by atoms with Gasteiger partial charge in [0.2, 0.25) is 0 Å². The zero-order valence-electron chi connectivity index (χ0n) is 22.8. The second-order valence-electron chi connectivity index (χ2n) is 9.31. The van der Waals surface area contributed by atoms with Crippen molar-refractivity contribution < 1.29 is 28.6 Å². The molecule has 0 aliphatic heterocycles. The van der Waals surface area contributed by atoms with Crippen molar-refractivity contribution in [2.75, 3.05) is 19.1 Å². The maximum Gasteiger partial charge on any atom is 0.252 e. The number of furan rings is 1. The van der Waals surface area contributed by atoms with Gasteiger partial charge in [0.1, 0.15) is 23.9 Å². The number of thioether (sulfide) groups is 1. The molecule has 0 bridgehead atoms. The van der Waals surface area contributed by atoms with Gasteiger partial charge in [0.05, 0.1) is 25.7 Å². The minimum Gasteiger partial charge on any atom is -0.548 e. The third-order valence-corrected chi connectivity index (χ3v) is 7.16.